The van der Waals surface area contributed by atoms with E-state index in [9.17, 15) is 0 Å². The third-order valence-corrected chi connectivity index (χ3v) is 5.84. The minimum atomic E-state index is 0.0115. The molecular formula is C19H13Al2N. The maximum atomic E-state index is 4.03. The quantitative estimate of drug-likeness (QED) is 0.398. The Kier molecular flexibility index (Phi) is 3.53. The van der Waals surface area contributed by atoms with E-state index in [1.807, 2.05) is 0 Å². The molecule has 3 heteroatoms. The van der Waals surface area contributed by atoms with Crippen LogP contribution in [0, 0.1) is 0 Å². The Hall–Kier alpha value is -1.61. The van der Waals surface area contributed by atoms with Gasteiger partial charge in [-0.3, -0.25) is 0 Å². The summed E-state index contributed by atoms with van der Waals surface area (Å²) in [6, 6.07) is 24.1. The van der Waals surface area contributed by atoms with Gasteiger partial charge in [-0.05, 0) is 0 Å². The fourth-order valence-corrected chi connectivity index (χ4v) is 3.60. The summed E-state index contributed by atoms with van der Waals surface area (Å²) in [7, 11) is 0. The molecule has 4 aromatic rings. The zero-order valence-electron chi connectivity index (χ0n) is 12.2. The van der Waals surface area contributed by atoms with Crippen molar-refractivity contribution in [3.05, 3.63) is 66.7 Å². The zero-order chi connectivity index (χ0) is 15.1. The molecule has 0 aromatic heterocycles. The molecule has 0 aliphatic rings. The molecule has 2 radical (unpaired) electrons. The van der Waals surface area contributed by atoms with Gasteiger partial charge < -0.3 is 0 Å². The molecule has 0 fully saturated rings. The summed E-state index contributed by atoms with van der Waals surface area (Å²) in [6.45, 7) is 0. The second-order valence-electron chi connectivity index (χ2n) is 5.44. The number of anilines is 1. The Morgan fingerprint density at radius 2 is 1.36 bits per heavy atom. The molecule has 22 heavy (non-hydrogen) atoms. The van der Waals surface area contributed by atoms with E-state index in [4.69, 9.17) is 0 Å². The van der Waals surface area contributed by atoms with Crippen LogP contribution >= 0.6 is 0 Å². The predicted molar refractivity (Wildman–Crippen MR) is 100 cm³/mol. The molecule has 4 rings (SSSR count). The molecule has 0 N–H and O–H groups in total. The van der Waals surface area contributed by atoms with Crippen molar-refractivity contribution in [3.63, 3.8) is 0 Å². The van der Waals surface area contributed by atoms with E-state index in [0.717, 1.165) is 0 Å². The van der Waals surface area contributed by atoms with Crippen molar-refractivity contribution in [3.8, 4) is 0 Å². The van der Waals surface area contributed by atoms with Crippen LogP contribution in [0.2, 0.25) is 0 Å². The fraction of sp³-hybridized carbons (Fsp3) is 0. The molecule has 100 valence electrons. The van der Waals surface area contributed by atoms with Gasteiger partial charge in [0, 0.05) is 0 Å². The van der Waals surface area contributed by atoms with E-state index in [-0.39, 0.29) is 15.0 Å². The van der Waals surface area contributed by atoms with Crippen LogP contribution in [0.4, 0.5) is 5.69 Å². The van der Waals surface area contributed by atoms with Crippen LogP contribution in [0.15, 0.2) is 66.7 Å². The molecule has 0 aliphatic heterocycles. The maximum absolute atomic E-state index is 4.03. The van der Waals surface area contributed by atoms with Crippen LogP contribution in [0.3, 0.4) is 0 Å². The second-order valence-corrected chi connectivity index (χ2v) is 7.52. The molecule has 1 nitrogen and oxygen atoms in total. The van der Waals surface area contributed by atoms with Crippen LogP contribution in [-0.4, -0.2) is 36.9 Å². The van der Waals surface area contributed by atoms with E-state index in [2.05, 4.69) is 91.5 Å². The Morgan fingerprint density at radius 1 is 0.727 bits per heavy atom. The van der Waals surface area contributed by atoms with Crippen molar-refractivity contribution in [2.75, 3.05) is 2.87 Å². The predicted octanol–water partition coefficient (Wildman–Crippen LogP) is 4.09. The van der Waals surface area contributed by atoms with E-state index in [1.54, 1.807) is 0 Å². The van der Waals surface area contributed by atoms with Crippen molar-refractivity contribution in [2.24, 2.45) is 0 Å². The Balaban J connectivity index is 2.13. The summed E-state index contributed by atoms with van der Waals surface area (Å²) >= 11 is 2.78. The van der Waals surface area contributed by atoms with E-state index in [1.165, 1.54) is 38.0 Å². The molecular weight excluding hydrogens is 296 g/mol. The molecule has 0 saturated carbocycles. The molecule has 0 atom stereocenters. The van der Waals surface area contributed by atoms with Gasteiger partial charge in [0.2, 0.25) is 0 Å². The fourth-order valence-electron chi connectivity index (χ4n) is 3.07. The van der Waals surface area contributed by atoms with Gasteiger partial charge in [-0.25, -0.2) is 0 Å². The summed E-state index contributed by atoms with van der Waals surface area (Å²) in [5.41, 5.74) is 1.21. The molecule has 0 spiro atoms. The number of rotatable bonds is 2. The molecule has 0 aliphatic carbocycles. The third kappa shape index (κ3) is 2.19. The summed E-state index contributed by atoms with van der Waals surface area (Å²) in [4.78, 5) is 0. The van der Waals surface area contributed by atoms with Crippen molar-refractivity contribution in [1.82, 2.24) is 0 Å². The normalized spacial score (nSPS) is 10.9. The summed E-state index contributed by atoms with van der Waals surface area (Å²) in [5.74, 6) is 0. The van der Waals surface area contributed by atoms with Crippen LogP contribution < -0.4 is 2.87 Å². The van der Waals surface area contributed by atoms with Crippen LogP contribution in [-0.2, 0) is 0 Å². The average Bonchev–Trinajstić information content (AvgIpc) is 2.60. The molecule has 4 aromatic carbocycles. The molecule has 0 heterocycles. The van der Waals surface area contributed by atoms with Gasteiger partial charge in [-0.1, -0.05) is 0 Å². The van der Waals surface area contributed by atoms with Crippen molar-refractivity contribution >= 4 is 74.9 Å². The van der Waals surface area contributed by atoms with Gasteiger partial charge in [-0.15, -0.1) is 0 Å². The first-order valence-corrected chi connectivity index (χ1v) is 9.13. The molecule has 0 bridgehead atoms. The zero-order valence-corrected chi connectivity index (χ0v) is 14.5. The first kappa shape index (κ1) is 14.0. The van der Waals surface area contributed by atoms with Gasteiger partial charge in [-0.2, -0.15) is 0 Å². The molecule has 0 saturated heterocycles. The SMILES string of the molecule is [CH2]=[Al][N]([Al])c1ccc2ccc3c4ccccc4ccc3c2c1. The number of nitrogens with zero attached hydrogens (tertiary/aromatic N) is 1. The van der Waals surface area contributed by atoms with Crippen LogP contribution in [0.1, 0.15) is 0 Å². The monoisotopic (exact) mass is 309 g/mol. The van der Waals surface area contributed by atoms with Gasteiger partial charge in [0.15, 0.2) is 0 Å². The Bertz CT molecular complexity index is 1020. The molecule has 0 amide bonds. The van der Waals surface area contributed by atoms with Crippen molar-refractivity contribution in [1.29, 1.82) is 0 Å². The number of fused-ring (bicyclic) bond motifs is 5. The molecule has 0 unspecified atom stereocenters. The minimum absolute atomic E-state index is 0.0115. The van der Waals surface area contributed by atoms with Gasteiger partial charge >= 0.3 is 144 Å². The summed E-state index contributed by atoms with van der Waals surface area (Å²) in [6.07, 6.45) is 0. The van der Waals surface area contributed by atoms with Crippen molar-refractivity contribution < 1.29 is 0 Å². The van der Waals surface area contributed by atoms with Gasteiger partial charge in [0.1, 0.15) is 0 Å². The van der Waals surface area contributed by atoms with Gasteiger partial charge in [0.05, 0.1) is 0 Å². The Labute approximate surface area is 144 Å². The van der Waals surface area contributed by atoms with E-state index in [0.29, 0.717) is 0 Å². The first-order valence-electron chi connectivity index (χ1n) is 7.29. The van der Waals surface area contributed by atoms with E-state index >= 15 is 0 Å². The average molecular weight is 309 g/mol. The number of hydrogen-bond acceptors (Lipinski definition) is 1. The number of benzene rings is 4. The topological polar surface area (TPSA) is 3.24 Å². The Morgan fingerprint density at radius 3 is 2.14 bits per heavy atom. The first-order chi connectivity index (χ1) is 10.8. The second kappa shape index (κ2) is 5.55. The van der Waals surface area contributed by atoms with Crippen molar-refractivity contribution in [2.45, 2.75) is 0 Å². The van der Waals surface area contributed by atoms with Crippen LogP contribution in [0.25, 0.3) is 32.3 Å². The third-order valence-electron chi connectivity index (χ3n) is 4.22. The van der Waals surface area contributed by atoms with Gasteiger partial charge in [0.25, 0.3) is 0 Å². The summed E-state index contributed by atoms with van der Waals surface area (Å²) < 4.78 is 2.17. The van der Waals surface area contributed by atoms with E-state index < -0.39 is 0 Å². The standard InChI is InChI=1S/C18H11N.CH2.2Al/c19-14-8-5-13-7-9-16-15-4-2-1-3-12(15)6-10-17(16)18(13)11-14;;;/h1-11H;1H2;;. The van der Waals surface area contributed by atoms with Crippen LogP contribution in [0.5, 0.6) is 0 Å². The number of hydrogen-bond donors (Lipinski definition) is 0. The summed E-state index contributed by atoms with van der Waals surface area (Å²) in [5, 5.41) is 11.9.